The summed E-state index contributed by atoms with van der Waals surface area (Å²) in [5.41, 5.74) is 0. The minimum absolute atomic E-state index is 0.687. The SMILES string of the molecule is CCC(C)CC(C)c1ccns1. The van der Waals surface area contributed by atoms with Crippen molar-refractivity contribution in [1.29, 1.82) is 0 Å². The number of aromatic nitrogens is 1. The van der Waals surface area contributed by atoms with Gasteiger partial charge in [-0.05, 0) is 35.9 Å². The summed E-state index contributed by atoms with van der Waals surface area (Å²) >= 11 is 1.63. The zero-order chi connectivity index (χ0) is 8.97. The second-order valence-corrected chi connectivity index (χ2v) is 4.43. The molecule has 2 heteroatoms. The molecule has 1 nitrogen and oxygen atoms in total. The number of rotatable bonds is 4. The Balaban J connectivity index is 2.44. The lowest BCUT2D eigenvalue weighted by Crippen LogP contribution is -1.98. The van der Waals surface area contributed by atoms with Crippen LogP contribution in [0.25, 0.3) is 0 Å². The monoisotopic (exact) mass is 183 g/mol. The largest absolute Gasteiger partial charge is 0.201 e. The van der Waals surface area contributed by atoms with Gasteiger partial charge in [0, 0.05) is 11.1 Å². The Labute approximate surface area is 79.0 Å². The molecule has 0 saturated carbocycles. The highest BCUT2D eigenvalue weighted by molar-refractivity contribution is 7.05. The summed E-state index contributed by atoms with van der Waals surface area (Å²) in [6.07, 6.45) is 4.47. The Morgan fingerprint density at radius 2 is 2.25 bits per heavy atom. The topological polar surface area (TPSA) is 12.9 Å². The molecule has 0 N–H and O–H groups in total. The second kappa shape index (κ2) is 4.61. The predicted molar refractivity (Wildman–Crippen MR) is 54.6 cm³/mol. The van der Waals surface area contributed by atoms with Crippen molar-refractivity contribution in [1.82, 2.24) is 4.37 Å². The lowest BCUT2D eigenvalue weighted by Gasteiger charge is -2.13. The molecule has 0 aliphatic rings. The summed E-state index contributed by atoms with van der Waals surface area (Å²) in [4.78, 5) is 1.43. The molecule has 68 valence electrons. The third-order valence-corrected chi connectivity index (χ3v) is 3.37. The van der Waals surface area contributed by atoms with E-state index >= 15 is 0 Å². The molecule has 0 saturated heterocycles. The quantitative estimate of drug-likeness (QED) is 0.694. The molecule has 1 aromatic rings. The van der Waals surface area contributed by atoms with Gasteiger partial charge in [0.1, 0.15) is 0 Å². The highest BCUT2D eigenvalue weighted by Crippen LogP contribution is 2.26. The molecule has 1 aromatic heterocycles. The minimum atomic E-state index is 0.687. The average Bonchev–Trinajstić information content (AvgIpc) is 2.56. The van der Waals surface area contributed by atoms with Crippen LogP contribution in [0.2, 0.25) is 0 Å². The number of hydrogen-bond acceptors (Lipinski definition) is 2. The van der Waals surface area contributed by atoms with E-state index in [4.69, 9.17) is 0 Å². The van der Waals surface area contributed by atoms with Gasteiger partial charge in [-0.3, -0.25) is 0 Å². The summed E-state index contributed by atoms with van der Waals surface area (Å²) in [5.74, 6) is 1.52. The van der Waals surface area contributed by atoms with E-state index in [0.717, 1.165) is 5.92 Å². The summed E-state index contributed by atoms with van der Waals surface area (Å²) in [6.45, 7) is 6.86. The summed E-state index contributed by atoms with van der Waals surface area (Å²) < 4.78 is 4.12. The van der Waals surface area contributed by atoms with Gasteiger partial charge in [-0.15, -0.1) is 0 Å². The third-order valence-electron chi connectivity index (χ3n) is 2.40. The van der Waals surface area contributed by atoms with Crippen LogP contribution in [-0.4, -0.2) is 4.37 Å². The van der Waals surface area contributed by atoms with Crippen molar-refractivity contribution in [3.05, 3.63) is 17.1 Å². The van der Waals surface area contributed by atoms with Gasteiger partial charge in [0.05, 0.1) is 0 Å². The maximum Gasteiger partial charge on any atom is 0.0409 e. The van der Waals surface area contributed by atoms with Crippen LogP contribution < -0.4 is 0 Å². The van der Waals surface area contributed by atoms with Crippen LogP contribution in [0.15, 0.2) is 12.3 Å². The smallest absolute Gasteiger partial charge is 0.0409 e. The van der Waals surface area contributed by atoms with Crippen molar-refractivity contribution in [2.24, 2.45) is 5.92 Å². The lowest BCUT2D eigenvalue weighted by molar-refractivity contribution is 0.474. The van der Waals surface area contributed by atoms with Gasteiger partial charge in [0.15, 0.2) is 0 Å². The molecule has 0 bridgehead atoms. The molecule has 0 fully saturated rings. The molecule has 2 unspecified atom stereocenters. The molecule has 2 atom stereocenters. The van der Waals surface area contributed by atoms with Crippen LogP contribution in [0.5, 0.6) is 0 Å². The highest BCUT2D eigenvalue weighted by atomic mass is 32.1. The van der Waals surface area contributed by atoms with Gasteiger partial charge in [-0.25, -0.2) is 4.37 Å². The number of hydrogen-bond donors (Lipinski definition) is 0. The zero-order valence-corrected chi connectivity index (χ0v) is 8.90. The fourth-order valence-electron chi connectivity index (χ4n) is 1.37. The van der Waals surface area contributed by atoms with E-state index in [9.17, 15) is 0 Å². The van der Waals surface area contributed by atoms with Crippen LogP contribution in [-0.2, 0) is 0 Å². The summed E-state index contributed by atoms with van der Waals surface area (Å²) in [6, 6.07) is 2.14. The fraction of sp³-hybridized carbons (Fsp3) is 0.700. The van der Waals surface area contributed by atoms with Gasteiger partial charge in [-0.1, -0.05) is 27.2 Å². The highest BCUT2D eigenvalue weighted by Gasteiger charge is 2.10. The first kappa shape index (κ1) is 9.72. The normalized spacial score (nSPS) is 15.9. The summed E-state index contributed by atoms with van der Waals surface area (Å²) in [7, 11) is 0. The second-order valence-electron chi connectivity index (χ2n) is 3.56. The standard InChI is InChI=1S/C10H17NS/c1-4-8(2)7-9(3)10-5-6-11-12-10/h5-6,8-9H,4,7H2,1-3H3. The molecular formula is C10H17NS. The van der Waals surface area contributed by atoms with Crippen molar-refractivity contribution >= 4 is 11.5 Å². The van der Waals surface area contributed by atoms with E-state index in [1.165, 1.54) is 17.7 Å². The van der Waals surface area contributed by atoms with Crippen molar-refractivity contribution < 1.29 is 0 Å². The van der Waals surface area contributed by atoms with Gasteiger partial charge in [0.25, 0.3) is 0 Å². The molecule has 12 heavy (non-hydrogen) atoms. The van der Waals surface area contributed by atoms with Crippen molar-refractivity contribution in [2.75, 3.05) is 0 Å². The first-order chi connectivity index (χ1) is 5.74. The van der Waals surface area contributed by atoms with Crippen molar-refractivity contribution in [2.45, 2.75) is 39.5 Å². The van der Waals surface area contributed by atoms with Crippen molar-refractivity contribution in [3.63, 3.8) is 0 Å². The maximum atomic E-state index is 4.12. The van der Waals surface area contributed by atoms with Crippen LogP contribution in [0, 0.1) is 5.92 Å². The Hall–Kier alpha value is -0.370. The van der Waals surface area contributed by atoms with E-state index in [1.807, 2.05) is 6.20 Å². The predicted octanol–water partition coefficient (Wildman–Crippen LogP) is 3.68. The van der Waals surface area contributed by atoms with Gasteiger partial charge >= 0.3 is 0 Å². The fourth-order valence-corrected chi connectivity index (χ4v) is 2.01. The Kier molecular flexibility index (Phi) is 3.73. The first-order valence-corrected chi connectivity index (χ1v) is 5.42. The molecule has 0 amide bonds. The molecule has 1 rings (SSSR count). The van der Waals surface area contributed by atoms with Crippen LogP contribution in [0.4, 0.5) is 0 Å². The maximum absolute atomic E-state index is 4.12. The van der Waals surface area contributed by atoms with Crippen LogP contribution in [0.1, 0.15) is 44.4 Å². The van der Waals surface area contributed by atoms with Gasteiger partial charge < -0.3 is 0 Å². The molecule has 1 heterocycles. The Morgan fingerprint density at radius 3 is 2.75 bits per heavy atom. The molecule has 0 aromatic carbocycles. The van der Waals surface area contributed by atoms with E-state index in [2.05, 4.69) is 31.2 Å². The van der Waals surface area contributed by atoms with E-state index in [-0.39, 0.29) is 0 Å². The van der Waals surface area contributed by atoms with Crippen LogP contribution >= 0.6 is 11.5 Å². The van der Waals surface area contributed by atoms with E-state index in [1.54, 1.807) is 11.5 Å². The van der Waals surface area contributed by atoms with Gasteiger partial charge in [-0.2, -0.15) is 0 Å². The molecule has 0 radical (unpaired) electrons. The summed E-state index contributed by atoms with van der Waals surface area (Å²) in [5, 5.41) is 0. The Bertz CT molecular complexity index is 206. The molecular weight excluding hydrogens is 166 g/mol. The van der Waals surface area contributed by atoms with E-state index in [0.29, 0.717) is 5.92 Å². The van der Waals surface area contributed by atoms with Crippen molar-refractivity contribution in [3.8, 4) is 0 Å². The van der Waals surface area contributed by atoms with E-state index < -0.39 is 0 Å². The van der Waals surface area contributed by atoms with Crippen LogP contribution in [0.3, 0.4) is 0 Å². The average molecular weight is 183 g/mol. The zero-order valence-electron chi connectivity index (χ0n) is 8.08. The van der Waals surface area contributed by atoms with Gasteiger partial charge in [0.2, 0.25) is 0 Å². The molecule has 0 spiro atoms. The third kappa shape index (κ3) is 2.59. The Morgan fingerprint density at radius 1 is 1.50 bits per heavy atom. The first-order valence-electron chi connectivity index (χ1n) is 4.64. The lowest BCUT2D eigenvalue weighted by atomic mass is 9.94. The molecule has 0 aliphatic heterocycles. The molecule has 0 aliphatic carbocycles. The minimum Gasteiger partial charge on any atom is -0.201 e. The number of nitrogens with zero attached hydrogens (tertiary/aromatic N) is 1.